The second-order valence-electron chi connectivity index (χ2n) is 5.06. The van der Waals surface area contributed by atoms with Crippen molar-refractivity contribution in [1.29, 1.82) is 0 Å². The molecule has 0 aromatic heterocycles. The molecule has 1 aliphatic heterocycles. The number of benzene rings is 1. The summed E-state index contributed by atoms with van der Waals surface area (Å²) in [5, 5.41) is 0. The number of hydrogen-bond acceptors (Lipinski definition) is 3. The Morgan fingerprint density at radius 1 is 1.47 bits per heavy atom. The molecule has 1 aromatic carbocycles. The first-order chi connectivity index (χ1) is 9.11. The Morgan fingerprint density at radius 2 is 2.26 bits per heavy atom. The minimum Gasteiger partial charge on any atom is -0.370 e. The number of rotatable bonds is 4. The first kappa shape index (κ1) is 14.3. The fourth-order valence-electron chi connectivity index (χ4n) is 2.67. The number of hydrogen-bond donors (Lipinski definition) is 2. The van der Waals surface area contributed by atoms with E-state index in [0.29, 0.717) is 11.5 Å². The van der Waals surface area contributed by atoms with Crippen LogP contribution in [0.1, 0.15) is 29.6 Å². The van der Waals surface area contributed by atoms with Gasteiger partial charge >= 0.3 is 0 Å². The number of carbonyl (C=O) groups is 1. The van der Waals surface area contributed by atoms with Crippen LogP contribution in [0.4, 0.5) is 5.69 Å². The number of primary amides is 1. The zero-order chi connectivity index (χ0) is 13.8. The number of piperidine rings is 1. The Balaban J connectivity index is 2.15. The van der Waals surface area contributed by atoms with E-state index in [1.807, 2.05) is 6.07 Å². The molecule has 0 saturated carbocycles. The van der Waals surface area contributed by atoms with E-state index in [1.165, 1.54) is 12.8 Å². The van der Waals surface area contributed by atoms with Crippen molar-refractivity contribution in [2.45, 2.75) is 19.3 Å². The molecule has 0 radical (unpaired) electrons. The lowest BCUT2D eigenvalue weighted by Crippen LogP contribution is -2.36. The second-order valence-corrected chi connectivity index (χ2v) is 5.92. The Morgan fingerprint density at radius 3 is 2.89 bits per heavy atom. The van der Waals surface area contributed by atoms with E-state index in [4.69, 9.17) is 11.5 Å². The lowest BCUT2D eigenvalue weighted by molar-refractivity contribution is 0.100. The predicted molar refractivity (Wildman–Crippen MR) is 81.3 cm³/mol. The third-order valence-corrected chi connectivity index (χ3v) is 4.30. The van der Waals surface area contributed by atoms with Crippen LogP contribution < -0.4 is 16.4 Å². The molecule has 1 saturated heterocycles. The summed E-state index contributed by atoms with van der Waals surface area (Å²) in [7, 11) is 0. The van der Waals surface area contributed by atoms with Crippen molar-refractivity contribution in [1.82, 2.24) is 0 Å². The predicted octanol–water partition coefficient (Wildman–Crippen LogP) is 2.11. The quantitative estimate of drug-likeness (QED) is 0.890. The molecule has 19 heavy (non-hydrogen) atoms. The average molecular weight is 326 g/mol. The molecule has 1 aromatic rings. The number of halogens is 1. The van der Waals surface area contributed by atoms with Crippen LogP contribution in [0.2, 0.25) is 0 Å². The summed E-state index contributed by atoms with van der Waals surface area (Å²) >= 11 is 3.54. The SMILES string of the molecule is NCCC1CCCN(c2ccc(C(N)=O)cc2Br)C1. The highest BCUT2D eigenvalue weighted by molar-refractivity contribution is 9.10. The molecule has 0 bridgehead atoms. The van der Waals surface area contributed by atoms with Gasteiger partial charge in [-0.15, -0.1) is 0 Å². The van der Waals surface area contributed by atoms with Crippen molar-refractivity contribution in [3.63, 3.8) is 0 Å². The third kappa shape index (κ3) is 3.48. The number of anilines is 1. The molecular weight excluding hydrogens is 306 g/mol. The van der Waals surface area contributed by atoms with E-state index >= 15 is 0 Å². The standard InChI is InChI=1S/C14H20BrN3O/c15-12-8-11(14(17)19)3-4-13(12)18-7-1-2-10(9-18)5-6-16/h3-4,8,10H,1-2,5-7,9,16H2,(H2,17,19). The van der Waals surface area contributed by atoms with E-state index in [2.05, 4.69) is 20.8 Å². The Bertz CT molecular complexity index is 462. The van der Waals surface area contributed by atoms with Crippen molar-refractivity contribution in [2.24, 2.45) is 17.4 Å². The first-order valence-corrected chi connectivity index (χ1v) is 7.45. The lowest BCUT2D eigenvalue weighted by Gasteiger charge is -2.35. The van der Waals surface area contributed by atoms with Gasteiger partial charge in [-0.05, 0) is 65.9 Å². The Kier molecular flexibility index (Phi) is 4.82. The molecule has 1 heterocycles. The van der Waals surface area contributed by atoms with Crippen LogP contribution in [0.3, 0.4) is 0 Å². The maximum Gasteiger partial charge on any atom is 0.248 e. The van der Waals surface area contributed by atoms with Crippen LogP contribution in [0.15, 0.2) is 22.7 Å². The van der Waals surface area contributed by atoms with Gasteiger partial charge in [-0.1, -0.05) is 0 Å². The average Bonchev–Trinajstić information content (AvgIpc) is 2.39. The minimum atomic E-state index is -0.396. The summed E-state index contributed by atoms with van der Waals surface area (Å²) in [6.45, 7) is 2.83. The highest BCUT2D eigenvalue weighted by atomic mass is 79.9. The summed E-state index contributed by atoms with van der Waals surface area (Å²) in [4.78, 5) is 13.5. The normalized spacial score (nSPS) is 19.5. The van der Waals surface area contributed by atoms with Crippen LogP contribution >= 0.6 is 15.9 Å². The van der Waals surface area contributed by atoms with Gasteiger partial charge in [0.25, 0.3) is 0 Å². The fraction of sp³-hybridized carbons (Fsp3) is 0.500. The van der Waals surface area contributed by atoms with Gasteiger partial charge in [0, 0.05) is 23.1 Å². The van der Waals surface area contributed by atoms with Gasteiger partial charge < -0.3 is 16.4 Å². The molecule has 2 rings (SSSR count). The second kappa shape index (κ2) is 6.39. The maximum absolute atomic E-state index is 11.2. The summed E-state index contributed by atoms with van der Waals surface area (Å²) in [5.74, 6) is 0.272. The maximum atomic E-state index is 11.2. The van der Waals surface area contributed by atoms with E-state index in [0.717, 1.165) is 36.2 Å². The molecule has 4 N–H and O–H groups in total. The van der Waals surface area contributed by atoms with Crippen LogP contribution in [0.25, 0.3) is 0 Å². The first-order valence-electron chi connectivity index (χ1n) is 6.66. The van der Waals surface area contributed by atoms with Crippen molar-refractivity contribution < 1.29 is 4.79 Å². The molecule has 4 nitrogen and oxygen atoms in total. The fourth-order valence-corrected chi connectivity index (χ4v) is 3.30. The van der Waals surface area contributed by atoms with E-state index < -0.39 is 5.91 Å². The number of amides is 1. The molecule has 1 atom stereocenters. The largest absolute Gasteiger partial charge is 0.370 e. The zero-order valence-electron chi connectivity index (χ0n) is 10.9. The molecule has 1 unspecified atom stereocenters. The van der Waals surface area contributed by atoms with Gasteiger partial charge in [-0.3, -0.25) is 4.79 Å². The Labute approximate surface area is 122 Å². The Hall–Kier alpha value is -1.07. The van der Waals surface area contributed by atoms with E-state index in [9.17, 15) is 4.79 Å². The van der Waals surface area contributed by atoms with Crippen molar-refractivity contribution in [3.05, 3.63) is 28.2 Å². The summed E-state index contributed by atoms with van der Waals surface area (Å²) < 4.78 is 0.928. The monoisotopic (exact) mass is 325 g/mol. The topological polar surface area (TPSA) is 72.3 Å². The minimum absolute atomic E-state index is 0.396. The van der Waals surface area contributed by atoms with Gasteiger partial charge in [0.15, 0.2) is 0 Å². The molecule has 1 amide bonds. The highest BCUT2D eigenvalue weighted by Gasteiger charge is 2.21. The molecule has 104 valence electrons. The third-order valence-electron chi connectivity index (χ3n) is 3.67. The van der Waals surface area contributed by atoms with Gasteiger partial charge in [0.1, 0.15) is 0 Å². The molecular formula is C14H20BrN3O. The van der Waals surface area contributed by atoms with Crippen LogP contribution in [-0.2, 0) is 0 Å². The van der Waals surface area contributed by atoms with Gasteiger partial charge in [0.2, 0.25) is 5.91 Å². The summed E-state index contributed by atoms with van der Waals surface area (Å²) in [6, 6.07) is 5.55. The molecule has 5 heteroatoms. The van der Waals surface area contributed by atoms with Gasteiger partial charge in [-0.25, -0.2) is 0 Å². The molecule has 1 fully saturated rings. The lowest BCUT2D eigenvalue weighted by atomic mass is 9.94. The van der Waals surface area contributed by atoms with Gasteiger partial charge in [-0.2, -0.15) is 0 Å². The van der Waals surface area contributed by atoms with E-state index in [-0.39, 0.29) is 0 Å². The van der Waals surface area contributed by atoms with Crippen molar-refractivity contribution in [2.75, 3.05) is 24.5 Å². The number of carbonyl (C=O) groups excluding carboxylic acids is 1. The molecule has 0 aliphatic carbocycles. The number of nitrogens with zero attached hydrogens (tertiary/aromatic N) is 1. The van der Waals surface area contributed by atoms with Gasteiger partial charge in [0.05, 0.1) is 5.69 Å². The van der Waals surface area contributed by atoms with Crippen LogP contribution in [0, 0.1) is 5.92 Å². The smallest absolute Gasteiger partial charge is 0.248 e. The molecule has 0 spiro atoms. The van der Waals surface area contributed by atoms with Crippen molar-refractivity contribution in [3.8, 4) is 0 Å². The summed E-state index contributed by atoms with van der Waals surface area (Å²) in [6.07, 6.45) is 3.52. The van der Waals surface area contributed by atoms with E-state index in [1.54, 1.807) is 12.1 Å². The van der Waals surface area contributed by atoms with Crippen LogP contribution in [0.5, 0.6) is 0 Å². The van der Waals surface area contributed by atoms with Crippen molar-refractivity contribution >= 4 is 27.5 Å². The van der Waals surface area contributed by atoms with Crippen LogP contribution in [-0.4, -0.2) is 25.5 Å². The molecule has 1 aliphatic rings. The highest BCUT2D eigenvalue weighted by Crippen LogP contribution is 2.31. The number of nitrogens with two attached hydrogens (primary N) is 2. The zero-order valence-corrected chi connectivity index (χ0v) is 12.5. The summed E-state index contributed by atoms with van der Waals surface area (Å²) in [5.41, 5.74) is 12.6.